The van der Waals surface area contributed by atoms with Crippen LogP contribution in [0.4, 0.5) is 0 Å². The lowest BCUT2D eigenvalue weighted by atomic mass is 9.43. The summed E-state index contributed by atoms with van der Waals surface area (Å²) in [5.41, 5.74) is 0.0761. The van der Waals surface area contributed by atoms with Crippen LogP contribution >= 0.6 is 0 Å². The SMILES string of the molecule is CO[C@H]1C[C@H](O[C@H]2CC[C@@]3(C)[C@H](CC[C@@H]4[C@@H]3CC[C@]3(C)[C@@H](C5=CC(=O)OC5)CC[C@]43O)C2)O[C@H](C)[C@H]1O[C@@H]1O[C@H](CO[C@@H]2O[C@H](CO)[C@@H](O)[C@H](O)[C@H]2O)[C@@H](O)[C@H](O)[C@H]1O. The van der Waals surface area contributed by atoms with Crippen LogP contribution in [0.5, 0.6) is 0 Å². The minimum atomic E-state index is -1.70. The number of methoxy groups -OCH3 is 1. The van der Waals surface area contributed by atoms with E-state index >= 15 is 0 Å². The fraction of sp³-hybridized carbons (Fsp3) is 0.929. The van der Waals surface area contributed by atoms with Crippen molar-refractivity contribution in [3.63, 3.8) is 0 Å². The molecule has 59 heavy (non-hydrogen) atoms. The number of esters is 1. The van der Waals surface area contributed by atoms with Gasteiger partial charge in [0.05, 0.1) is 37.1 Å². The summed E-state index contributed by atoms with van der Waals surface area (Å²) in [5.74, 6) is 0.957. The Morgan fingerprint density at radius 1 is 0.780 bits per heavy atom. The maximum Gasteiger partial charge on any atom is 0.331 e. The summed E-state index contributed by atoms with van der Waals surface area (Å²) in [7, 11) is 1.54. The molecule has 0 amide bonds. The first-order chi connectivity index (χ1) is 28.0. The highest BCUT2D eigenvalue weighted by Crippen LogP contribution is 2.70. The highest BCUT2D eigenvalue weighted by atomic mass is 16.8. The zero-order valence-corrected chi connectivity index (χ0v) is 34.5. The molecule has 7 fully saturated rings. The molecule has 0 bridgehead atoms. The first kappa shape index (κ1) is 44.2. The fourth-order valence-electron chi connectivity index (χ4n) is 12.9. The van der Waals surface area contributed by atoms with Crippen LogP contribution in [-0.2, 0) is 42.7 Å². The third-order valence-corrected chi connectivity index (χ3v) is 16.4. The average molecular weight is 843 g/mol. The molecule has 4 aliphatic heterocycles. The monoisotopic (exact) mass is 842 g/mol. The molecule has 8 N–H and O–H groups in total. The topological polar surface area (TPSA) is 253 Å². The molecule has 3 saturated heterocycles. The molecule has 4 heterocycles. The van der Waals surface area contributed by atoms with E-state index in [-0.39, 0.29) is 34.7 Å². The van der Waals surface area contributed by atoms with Crippen LogP contribution in [0.15, 0.2) is 11.6 Å². The van der Waals surface area contributed by atoms with Crippen molar-refractivity contribution in [1.82, 2.24) is 0 Å². The number of cyclic esters (lactones) is 1. The van der Waals surface area contributed by atoms with Crippen LogP contribution in [0.3, 0.4) is 0 Å². The molecule has 22 atom stereocenters. The summed E-state index contributed by atoms with van der Waals surface area (Å²) in [4.78, 5) is 12.0. The number of aliphatic hydroxyl groups is 8. The van der Waals surface area contributed by atoms with Crippen molar-refractivity contribution in [2.75, 3.05) is 26.9 Å². The van der Waals surface area contributed by atoms with Crippen molar-refractivity contribution in [3.05, 3.63) is 11.6 Å². The largest absolute Gasteiger partial charge is 0.458 e. The van der Waals surface area contributed by atoms with Crippen molar-refractivity contribution < 1.29 is 83.5 Å². The third-order valence-electron chi connectivity index (χ3n) is 16.4. The van der Waals surface area contributed by atoms with Crippen molar-refractivity contribution in [1.29, 1.82) is 0 Å². The predicted octanol–water partition coefficient (Wildman–Crippen LogP) is -0.212. The van der Waals surface area contributed by atoms with E-state index < -0.39 is 105 Å². The Labute approximate surface area is 344 Å². The molecule has 17 nitrogen and oxygen atoms in total. The maximum atomic E-state index is 12.6. The van der Waals surface area contributed by atoms with Crippen LogP contribution < -0.4 is 0 Å². The minimum Gasteiger partial charge on any atom is -0.458 e. The van der Waals surface area contributed by atoms with Crippen LogP contribution in [0, 0.1) is 34.5 Å². The van der Waals surface area contributed by atoms with E-state index in [2.05, 4.69) is 13.8 Å². The van der Waals surface area contributed by atoms with Gasteiger partial charge in [0.1, 0.15) is 61.5 Å². The van der Waals surface area contributed by atoms with Crippen LogP contribution in [-0.4, -0.2) is 171 Å². The molecule has 0 unspecified atom stereocenters. The number of hydrogen-bond donors (Lipinski definition) is 8. The van der Waals surface area contributed by atoms with Gasteiger partial charge in [0.2, 0.25) is 0 Å². The molecule has 0 aromatic carbocycles. The van der Waals surface area contributed by atoms with Gasteiger partial charge in [-0.3, -0.25) is 0 Å². The van der Waals surface area contributed by atoms with Gasteiger partial charge in [0.25, 0.3) is 0 Å². The van der Waals surface area contributed by atoms with E-state index in [1.54, 1.807) is 20.1 Å². The Kier molecular flexibility index (Phi) is 12.7. The normalized spacial score (nSPS) is 53.9. The van der Waals surface area contributed by atoms with Gasteiger partial charge in [-0.15, -0.1) is 0 Å². The summed E-state index contributed by atoms with van der Waals surface area (Å²) in [6.45, 7) is 5.69. The zero-order valence-electron chi connectivity index (χ0n) is 34.5. The molecule has 0 radical (unpaired) electrons. The quantitative estimate of drug-likeness (QED) is 0.105. The van der Waals surface area contributed by atoms with E-state index in [0.717, 1.165) is 63.4 Å². The Balaban J connectivity index is 0.857. The van der Waals surface area contributed by atoms with Gasteiger partial charge in [-0.2, -0.15) is 0 Å². The standard InChI is InChI=1S/C42H66O17/c1-19-37(59-39-36(50)34(48)32(46)28(58-39)18-54-38-35(49)33(47)31(45)27(16-43)57-38)26(52-4)15-30(55-19)56-22-7-10-40(2)21(14-22)5-6-25-24(40)8-11-41(3)23(9-12-42(25,41)51)20-13-29(44)53-17-20/h13,19,21-28,30-39,43,45-51H,5-12,14-18H2,1-4H3/t19-,21-,22+,23-,24+,25-,26+,27-,28-,30+,31-,32-,33+,34+,35-,36-,37-,38-,39+,40+,41-,42+/m1/s1. The number of ether oxygens (including phenoxy) is 8. The highest BCUT2D eigenvalue weighted by Gasteiger charge is 2.68. The van der Waals surface area contributed by atoms with Crippen LogP contribution in [0.2, 0.25) is 0 Å². The summed E-state index contributed by atoms with van der Waals surface area (Å²) >= 11 is 0. The lowest BCUT2D eigenvalue weighted by Crippen LogP contribution is -2.63. The van der Waals surface area contributed by atoms with Gasteiger partial charge < -0.3 is 78.7 Å². The first-order valence-corrected chi connectivity index (χ1v) is 21.7. The molecule has 0 spiro atoms. The lowest BCUT2D eigenvalue weighted by Gasteiger charge is -2.64. The minimum absolute atomic E-state index is 0.0268. The van der Waals surface area contributed by atoms with Crippen molar-refractivity contribution >= 4 is 5.97 Å². The average Bonchev–Trinajstić information content (AvgIpc) is 3.77. The zero-order chi connectivity index (χ0) is 42.2. The molecule has 0 aromatic heterocycles. The van der Waals surface area contributed by atoms with Crippen molar-refractivity contribution in [2.45, 2.75) is 183 Å². The number of fused-ring (bicyclic) bond motifs is 5. The number of hydrogen-bond acceptors (Lipinski definition) is 17. The number of rotatable bonds is 10. The van der Waals surface area contributed by atoms with E-state index in [4.69, 9.17) is 37.9 Å². The molecule has 336 valence electrons. The fourth-order valence-corrected chi connectivity index (χ4v) is 12.9. The number of carbonyl (C=O) groups excluding carboxylic acids is 1. The second kappa shape index (κ2) is 17.0. The number of aliphatic hydroxyl groups excluding tert-OH is 7. The highest BCUT2D eigenvalue weighted by molar-refractivity contribution is 5.85. The summed E-state index contributed by atoms with van der Waals surface area (Å²) < 4.78 is 47.2. The molecular weight excluding hydrogens is 776 g/mol. The van der Waals surface area contributed by atoms with E-state index in [0.29, 0.717) is 24.9 Å². The molecule has 8 rings (SSSR count). The Morgan fingerprint density at radius 2 is 1.49 bits per heavy atom. The predicted molar refractivity (Wildman–Crippen MR) is 202 cm³/mol. The van der Waals surface area contributed by atoms with Crippen LogP contribution in [0.25, 0.3) is 0 Å². The summed E-state index contributed by atoms with van der Waals surface area (Å²) in [6, 6.07) is 0. The number of carbonyl (C=O) groups is 1. The molecular formula is C42H66O17. The Hall–Kier alpha value is -1.39. The molecule has 4 saturated carbocycles. The molecule has 0 aromatic rings. The Bertz CT molecular complexity index is 1530. The van der Waals surface area contributed by atoms with Gasteiger partial charge in [-0.25, -0.2) is 4.79 Å². The molecule has 8 aliphatic rings. The lowest BCUT2D eigenvalue weighted by molar-refractivity contribution is -0.355. The van der Waals surface area contributed by atoms with Gasteiger partial charge >= 0.3 is 5.97 Å². The second-order valence-electron chi connectivity index (χ2n) is 19.3. The molecule has 17 heteroatoms. The Morgan fingerprint density at radius 3 is 2.19 bits per heavy atom. The van der Waals surface area contributed by atoms with Crippen LogP contribution in [0.1, 0.15) is 85.0 Å². The van der Waals surface area contributed by atoms with Gasteiger partial charge in [0, 0.05) is 25.0 Å². The van der Waals surface area contributed by atoms with Crippen molar-refractivity contribution in [2.24, 2.45) is 34.5 Å². The summed E-state index contributed by atoms with van der Waals surface area (Å²) in [6.07, 6.45) is -7.54. The third kappa shape index (κ3) is 7.64. The van der Waals surface area contributed by atoms with E-state index in [1.807, 2.05) is 0 Å². The van der Waals surface area contributed by atoms with Gasteiger partial charge in [-0.05, 0) is 99.4 Å². The van der Waals surface area contributed by atoms with E-state index in [1.165, 1.54) is 0 Å². The maximum absolute atomic E-state index is 12.6. The second-order valence-corrected chi connectivity index (χ2v) is 19.3. The van der Waals surface area contributed by atoms with Gasteiger partial charge in [0.15, 0.2) is 18.9 Å². The smallest absolute Gasteiger partial charge is 0.331 e. The summed E-state index contributed by atoms with van der Waals surface area (Å²) in [5, 5.41) is 85.0. The van der Waals surface area contributed by atoms with E-state index in [9.17, 15) is 45.6 Å². The molecule has 4 aliphatic carbocycles. The van der Waals surface area contributed by atoms with Gasteiger partial charge in [-0.1, -0.05) is 13.8 Å². The van der Waals surface area contributed by atoms with Crippen molar-refractivity contribution in [3.8, 4) is 0 Å². The first-order valence-electron chi connectivity index (χ1n) is 21.7.